The van der Waals surface area contributed by atoms with Crippen molar-refractivity contribution in [2.45, 2.75) is 32.5 Å². The summed E-state index contributed by atoms with van der Waals surface area (Å²) in [5.74, 6) is 0.501. The maximum absolute atomic E-state index is 12.9. The van der Waals surface area contributed by atoms with Crippen LogP contribution in [-0.4, -0.2) is 69.4 Å². The summed E-state index contributed by atoms with van der Waals surface area (Å²) in [4.78, 5) is 21.5. The van der Waals surface area contributed by atoms with Crippen LogP contribution in [0.3, 0.4) is 0 Å². The van der Waals surface area contributed by atoms with Crippen LogP contribution >= 0.6 is 0 Å². The molecular weight excluding hydrogens is 342 g/mol. The highest BCUT2D eigenvalue weighted by Crippen LogP contribution is 2.27. The van der Waals surface area contributed by atoms with Gasteiger partial charge in [0.15, 0.2) is 0 Å². The first-order valence-corrected chi connectivity index (χ1v) is 9.78. The number of hydrogen-bond donors (Lipinski definition) is 0. The third-order valence-electron chi connectivity index (χ3n) is 5.65. The minimum Gasteiger partial charge on any atom is -0.380 e. The highest BCUT2D eigenvalue weighted by atomic mass is 16.5. The van der Waals surface area contributed by atoms with Gasteiger partial charge >= 0.3 is 0 Å². The fraction of sp³-hybridized carbons (Fsp3) is 0.550. The molecule has 0 N–H and O–H groups in total. The molecule has 0 saturated carbocycles. The molecule has 7 nitrogen and oxygen atoms in total. The molecule has 0 unspecified atom stereocenters. The molecule has 2 aliphatic rings. The largest absolute Gasteiger partial charge is 0.380 e. The standard InChI is InChI=1S/C20H27N5O2/c1-2-25-10-6-18(22-25)20(26)24-9-5-17-15-27-12-11-23(19(17)14-24)13-16-3-7-21-8-4-16/h3-4,6-8,10,17,19H,2,5,9,11-15H2,1H3/t17-,19-/m1/s1. The topological polar surface area (TPSA) is 63.5 Å². The van der Waals surface area contributed by atoms with E-state index in [0.29, 0.717) is 17.7 Å². The van der Waals surface area contributed by atoms with Gasteiger partial charge in [0, 0.05) is 63.3 Å². The van der Waals surface area contributed by atoms with E-state index in [1.807, 2.05) is 36.5 Å². The number of carbonyl (C=O) groups excluding carboxylic acids is 1. The minimum absolute atomic E-state index is 0.0367. The number of pyridine rings is 1. The SMILES string of the molecule is CCn1ccc(C(=O)N2CC[C@@H]3COCCN(Cc4ccncc4)[C@@H]3C2)n1. The van der Waals surface area contributed by atoms with Crippen molar-refractivity contribution in [1.29, 1.82) is 0 Å². The minimum atomic E-state index is 0.0367. The van der Waals surface area contributed by atoms with Gasteiger partial charge in [0.05, 0.1) is 13.2 Å². The van der Waals surface area contributed by atoms with Crippen LogP contribution in [0.4, 0.5) is 0 Å². The molecule has 1 amide bonds. The number of ether oxygens (including phenoxy) is 1. The van der Waals surface area contributed by atoms with Crippen molar-refractivity contribution < 1.29 is 9.53 Å². The Bertz CT molecular complexity index is 763. The average molecular weight is 369 g/mol. The number of rotatable bonds is 4. The summed E-state index contributed by atoms with van der Waals surface area (Å²) >= 11 is 0. The smallest absolute Gasteiger partial charge is 0.274 e. The van der Waals surface area contributed by atoms with E-state index in [1.54, 1.807) is 4.68 Å². The predicted octanol–water partition coefficient (Wildman–Crippen LogP) is 1.66. The van der Waals surface area contributed by atoms with Crippen molar-refractivity contribution in [2.75, 3.05) is 32.8 Å². The lowest BCUT2D eigenvalue weighted by Gasteiger charge is -2.42. The molecule has 4 heterocycles. The van der Waals surface area contributed by atoms with E-state index in [-0.39, 0.29) is 5.91 Å². The molecule has 2 aliphatic heterocycles. The molecule has 0 bridgehead atoms. The zero-order valence-corrected chi connectivity index (χ0v) is 15.8. The van der Waals surface area contributed by atoms with Crippen LogP contribution in [0, 0.1) is 5.92 Å². The third-order valence-corrected chi connectivity index (χ3v) is 5.65. The second-order valence-corrected chi connectivity index (χ2v) is 7.32. The summed E-state index contributed by atoms with van der Waals surface area (Å²) in [5, 5.41) is 4.39. The Morgan fingerprint density at radius 2 is 2.11 bits per heavy atom. The number of hydrogen-bond acceptors (Lipinski definition) is 5. The molecule has 2 aromatic heterocycles. The van der Waals surface area contributed by atoms with E-state index in [1.165, 1.54) is 5.56 Å². The fourth-order valence-electron chi connectivity index (χ4n) is 4.09. The Morgan fingerprint density at radius 3 is 2.89 bits per heavy atom. The lowest BCUT2D eigenvalue weighted by molar-refractivity contribution is 0.0366. The molecule has 0 radical (unpaired) electrons. The van der Waals surface area contributed by atoms with Gasteiger partial charge in [0.1, 0.15) is 5.69 Å². The number of aromatic nitrogens is 3. The normalized spacial score (nSPS) is 23.7. The number of carbonyl (C=O) groups is 1. The summed E-state index contributed by atoms with van der Waals surface area (Å²) in [6, 6.07) is 6.25. The molecule has 0 spiro atoms. The molecule has 0 aromatic carbocycles. The Balaban J connectivity index is 1.49. The van der Waals surface area contributed by atoms with Crippen LogP contribution in [0.5, 0.6) is 0 Å². The maximum Gasteiger partial charge on any atom is 0.274 e. The molecular formula is C20H27N5O2. The number of likely N-dealkylation sites (tertiary alicyclic amines) is 1. The Kier molecular flexibility index (Phi) is 5.50. The summed E-state index contributed by atoms with van der Waals surface area (Å²) in [5.41, 5.74) is 1.79. The summed E-state index contributed by atoms with van der Waals surface area (Å²) in [6.45, 7) is 7.57. The number of aryl methyl sites for hydroxylation is 1. The monoisotopic (exact) mass is 369 g/mol. The Hall–Kier alpha value is -2.25. The van der Waals surface area contributed by atoms with Crippen LogP contribution in [0.2, 0.25) is 0 Å². The fourth-order valence-corrected chi connectivity index (χ4v) is 4.09. The highest BCUT2D eigenvalue weighted by Gasteiger charge is 2.37. The molecule has 2 atom stereocenters. The zero-order valence-electron chi connectivity index (χ0n) is 15.8. The van der Waals surface area contributed by atoms with Gasteiger partial charge in [0.25, 0.3) is 5.91 Å². The number of piperidine rings is 1. The van der Waals surface area contributed by atoms with E-state index in [0.717, 1.165) is 52.4 Å². The van der Waals surface area contributed by atoms with E-state index in [2.05, 4.69) is 27.1 Å². The van der Waals surface area contributed by atoms with E-state index in [4.69, 9.17) is 4.74 Å². The van der Waals surface area contributed by atoms with E-state index >= 15 is 0 Å². The van der Waals surface area contributed by atoms with Crippen molar-refractivity contribution in [3.63, 3.8) is 0 Å². The predicted molar refractivity (Wildman–Crippen MR) is 101 cm³/mol. The van der Waals surface area contributed by atoms with Gasteiger partial charge in [-0.05, 0) is 37.1 Å². The van der Waals surface area contributed by atoms with Crippen LogP contribution in [0.1, 0.15) is 29.4 Å². The lowest BCUT2D eigenvalue weighted by atomic mass is 9.90. The van der Waals surface area contributed by atoms with Crippen LogP contribution in [0.15, 0.2) is 36.8 Å². The second-order valence-electron chi connectivity index (χ2n) is 7.32. The van der Waals surface area contributed by atoms with Gasteiger partial charge in [-0.25, -0.2) is 0 Å². The maximum atomic E-state index is 12.9. The van der Waals surface area contributed by atoms with Gasteiger partial charge in [-0.3, -0.25) is 19.4 Å². The summed E-state index contributed by atoms with van der Waals surface area (Å²) in [6.07, 6.45) is 6.51. The van der Waals surface area contributed by atoms with Gasteiger partial charge in [-0.1, -0.05) is 0 Å². The average Bonchev–Trinajstić information content (AvgIpc) is 3.11. The zero-order chi connectivity index (χ0) is 18.6. The first-order valence-electron chi connectivity index (χ1n) is 9.78. The molecule has 2 fully saturated rings. The van der Waals surface area contributed by atoms with Crippen molar-refractivity contribution in [3.8, 4) is 0 Å². The Morgan fingerprint density at radius 1 is 1.26 bits per heavy atom. The van der Waals surface area contributed by atoms with Gasteiger partial charge < -0.3 is 9.64 Å². The first kappa shape index (κ1) is 18.1. The lowest BCUT2D eigenvalue weighted by Crippen LogP contribution is -2.54. The van der Waals surface area contributed by atoms with Gasteiger partial charge in [-0.15, -0.1) is 0 Å². The van der Waals surface area contributed by atoms with Crippen molar-refractivity contribution in [2.24, 2.45) is 5.92 Å². The first-order chi connectivity index (χ1) is 13.2. The van der Waals surface area contributed by atoms with Crippen LogP contribution in [0.25, 0.3) is 0 Å². The second kappa shape index (κ2) is 8.19. The third kappa shape index (κ3) is 4.04. The molecule has 7 heteroatoms. The van der Waals surface area contributed by atoms with Crippen LogP contribution in [-0.2, 0) is 17.8 Å². The molecule has 144 valence electrons. The number of nitrogens with zero attached hydrogens (tertiary/aromatic N) is 5. The number of amides is 1. The molecule has 0 aliphatic carbocycles. The molecule has 2 aromatic rings. The van der Waals surface area contributed by atoms with Crippen molar-refractivity contribution in [1.82, 2.24) is 24.6 Å². The van der Waals surface area contributed by atoms with Gasteiger partial charge in [0.2, 0.25) is 0 Å². The highest BCUT2D eigenvalue weighted by molar-refractivity contribution is 5.92. The van der Waals surface area contributed by atoms with Crippen molar-refractivity contribution >= 4 is 5.91 Å². The van der Waals surface area contributed by atoms with Gasteiger partial charge in [-0.2, -0.15) is 5.10 Å². The summed E-state index contributed by atoms with van der Waals surface area (Å²) in [7, 11) is 0. The van der Waals surface area contributed by atoms with E-state index in [9.17, 15) is 4.79 Å². The number of fused-ring (bicyclic) bond motifs is 1. The quantitative estimate of drug-likeness (QED) is 0.820. The molecule has 2 saturated heterocycles. The van der Waals surface area contributed by atoms with E-state index < -0.39 is 0 Å². The summed E-state index contributed by atoms with van der Waals surface area (Å²) < 4.78 is 7.66. The van der Waals surface area contributed by atoms with Crippen molar-refractivity contribution in [3.05, 3.63) is 48.0 Å². The Labute approximate surface area is 159 Å². The van der Waals surface area contributed by atoms with Crippen LogP contribution < -0.4 is 0 Å². The molecule has 27 heavy (non-hydrogen) atoms. The molecule has 4 rings (SSSR count).